The molecule has 0 bridgehead atoms. The minimum absolute atomic E-state index is 0.00362. The largest absolute Gasteiger partial charge is 0.372 e. The van der Waals surface area contributed by atoms with Crippen LogP contribution in [0.15, 0.2) is 24.3 Å². The molecular formula is C18H24O2. The van der Waals surface area contributed by atoms with Crippen LogP contribution in [-0.2, 0) is 11.2 Å². The number of Topliss-reactive ketones (excluding diaryl/α,β-unsaturated/α-hetero) is 1. The molecule has 1 saturated heterocycles. The predicted octanol–water partition coefficient (Wildman–Crippen LogP) is 4.17. The van der Waals surface area contributed by atoms with Crippen LogP contribution in [0.2, 0.25) is 0 Å². The van der Waals surface area contributed by atoms with E-state index in [1.54, 1.807) is 0 Å². The molecule has 0 aromatic heterocycles. The third kappa shape index (κ3) is 2.80. The van der Waals surface area contributed by atoms with Gasteiger partial charge in [-0.1, -0.05) is 24.3 Å². The summed E-state index contributed by atoms with van der Waals surface area (Å²) in [7, 11) is 0. The van der Waals surface area contributed by atoms with Crippen molar-refractivity contribution in [3.05, 3.63) is 35.4 Å². The Balaban J connectivity index is 1.73. The Morgan fingerprint density at radius 1 is 1.25 bits per heavy atom. The zero-order valence-electron chi connectivity index (χ0n) is 12.5. The van der Waals surface area contributed by atoms with Gasteiger partial charge in [-0.3, -0.25) is 4.79 Å². The molecule has 108 valence electrons. The molecule has 0 amide bonds. The summed E-state index contributed by atoms with van der Waals surface area (Å²) in [6.45, 7) is 4.30. The Morgan fingerprint density at radius 2 is 2.05 bits per heavy atom. The lowest BCUT2D eigenvalue weighted by Crippen LogP contribution is -2.24. The molecule has 1 aliphatic carbocycles. The molecule has 0 N–H and O–H groups in total. The van der Waals surface area contributed by atoms with Crippen LogP contribution < -0.4 is 0 Å². The van der Waals surface area contributed by atoms with E-state index < -0.39 is 0 Å². The summed E-state index contributed by atoms with van der Waals surface area (Å²) in [6.07, 6.45) is 6.53. The van der Waals surface area contributed by atoms with E-state index >= 15 is 0 Å². The second-order valence-electron chi connectivity index (χ2n) is 6.88. The minimum atomic E-state index is -0.00362. The van der Waals surface area contributed by atoms with Gasteiger partial charge in [0.05, 0.1) is 11.7 Å². The van der Waals surface area contributed by atoms with E-state index in [0.29, 0.717) is 5.78 Å². The molecular weight excluding hydrogens is 248 g/mol. The maximum absolute atomic E-state index is 12.7. The molecule has 1 aliphatic heterocycles. The molecule has 0 radical (unpaired) electrons. The highest BCUT2D eigenvalue weighted by Crippen LogP contribution is 2.35. The van der Waals surface area contributed by atoms with E-state index in [9.17, 15) is 4.79 Å². The van der Waals surface area contributed by atoms with Gasteiger partial charge in [-0.2, -0.15) is 0 Å². The molecule has 3 rings (SSSR count). The Kier molecular flexibility index (Phi) is 3.68. The van der Waals surface area contributed by atoms with Gasteiger partial charge in [0, 0.05) is 11.5 Å². The maximum atomic E-state index is 12.7. The topological polar surface area (TPSA) is 26.3 Å². The van der Waals surface area contributed by atoms with E-state index in [0.717, 1.165) is 44.1 Å². The fourth-order valence-corrected chi connectivity index (χ4v) is 3.65. The van der Waals surface area contributed by atoms with Crippen LogP contribution in [0, 0.1) is 5.92 Å². The summed E-state index contributed by atoms with van der Waals surface area (Å²) in [5.41, 5.74) is 2.18. The number of hydrogen-bond donors (Lipinski definition) is 0. The quantitative estimate of drug-likeness (QED) is 0.755. The van der Waals surface area contributed by atoms with Gasteiger partial charge in [-0.05, 0) is 57.9 Å². The molecule has 20 heavy (non-hydrogen) atoms. The van der Waals surface area contributed by atoms with Crippen molar-refractivity contribution in [1.82, 2.24) is 0 Å². The Hall–Kier alpha value is -1.15. The van der Waals surface area contributed by atoms with Gasteiger partial charge >= 0.3 is 0 Å². The standard InChI is InChI=1S/C18H24O2/c1-18(2)11-10-15(20-18)12-14-8-5-7-13-6-3-4-9-16(13)17(14)19/h3-4,6,9,14-15H,5,7-8,10-12H2,1-2H3. The van der Waals surface area contributed by atoms with Crippen molar-refractivity contribution in [3.8, 4) is 0 Å². The van der Waals surface area contributed by atoms with Crippen LogP contribution in [0.5, 0.6) is 0 Å². The second kappa shape index (κ2) is 5.33. The summed E-state index contributed by atoms with van der Waals surface area (Å²) in [5.74, 6) is 0.490. The number of ketones is 1. The summed E-state index contributed by atoms with van der Waals surface area (Å²) < 4.78 is 6.08. The summed E-state index contributed by atoms with van der Waals surface area (Å²) in [5, 5.41) is 0. The van der Waals surface area contributed by atoms with E-state index in [-0.39, 0.29) is 17.6 Å². The number of fused-ring (bicyclic) bond motifs is 1. The molecule has 2 atom stereocenters. The Bertz CT molecular complexity index is 504. The number of benzene rings is 1. The van der Waals surface area contributed by atoms with Gasteiger partial charge in [-0.15, -0.1) is 0 Å². The lowest BCUT2D eigenvalue weighted by Gasteiger charge is -2.22. The first-order valence-corrected chi connectivity index (χ1v) is 7.85. The SMILES string of the molecule is CC1(C)CCC(CC2CCCc3ccccc3C2=O)O1. The summed E-state index contributed by atoms with van der Waals surface area (Å²) in [4.78, 5) is 12.7. The van der Waals surface area contributed by atoms with Crippen LogP contribution >= 0.6 is 0 Å². The first kappa shape index (κ1) is 13.8. The molecule has 2 nitrogen and oxygen atoms in total. The molecule has 2 heteroatoms. The average molecular weight is 272 g/mol. The van der Waals surface area contributed by atoms with Crippen LogP contribution in [0.3, 0.4) is 0 Å². The van der Waals surface area contributed by atoms with Crippen molar-refractivity contribution in [2.75, 3.05) is 0 Å². The highest BCUT2D eigenvalue weighted by atomic mass is 16.5. The van der Waals surface area contributed by atoms with E-state index in [1.807, 2.05) is 18.2 Å². The molecule has 2 unspecified atom stereocenters. The monoisotopic (exact) mass is 272 g/mol. The van der Waals surface area contributed by atoms with Crippen LogP contribution in [-0.4, -0.2) is 17.5 Å². The molecule has 1 aromatic carbocycles. The molecule has 0 spiro atoms. The lowest BCUT2D eigenvalue weighted by atomic mass is 9.89. The summed E-state index contributed by atoms with van der Waals surface area (Å²) >= 11 is 0. The van der Waals surface area contributed by atoms with Crippen LogP contribution in [0.4, 0.5) is 0 Å². The van der Waals surface area contributed by atoms with Gasteiger partial charge in [-0.25, -0.2) is 0 Å². The fraction of sp³-hybridized carbons (Fsp3) is 0.611. The molecule has 1 aromatic rings. The fourth-order valence-electron chi connectivity index (χ4n) is 3.65. The normalized spacial score (nSPS) is 29.0. The number of carbonyl (C=O) groups excluding carboxylic acids is 1. The zero-order valence-corrected chi connectivity index (χ0v) is 12.5. The van der Waals surface area contributed by atoms with Crippen molar-refractivity contribution in [2.45, 2.75) is 64.1 Å². The molecule has 0 saturated carbocycles. The van der Waals surface area contributed by atoms with Crippen LogP contribution in [0.25, 0.3) is 0 Å². The van der Waals surface area contributed by atoms with Gasteiger partial charge in [0.15, 0.2) is 5.78 Å². The number of aryl methyl sites for hydroxylation is 1. The van der Waals surface area contributed by atoms with Crippen LogP contribution in [0.1, 0.15) is 61.9 Å². The van der Waals surface area contributed by atoms with Crippen molar-refractivity contribution < 1.29 is 9.53 Å². The maximum Gasteiger partial charge on any atom is 0.166 e. The minimum Gasteiger partial charge on any atom is -0.372 e. The Morgan fingerprint density at radius 3 is 2.80 bits per heavy atom. The first-order valence-electron chi connectivity index (χ1n) is 7.85. The van der Waals surface area contributed by atoms with Crippen molar-refractivity contribution in [1.29, 1.82) is 0 Å². The lowest BCUT2D eigenvalue weighted by molar-refractivity contribution is -0.0238. The van der Waals surface area contributed by atoms with E-state index in [2.05, 4.69) is 19.9 Å². The third-order valence-corrected chi connectivity index (χ3v) is 4.75. The second-order valence-corrected chi connectivity index (χ2v) is 6.88. The zero-order chi connectivity index (χ0) is 14.2. The summed E-state index contributed by atoms with van der Waals surface area (Å²) in [6, 6.07) is 8.11. The highest BCUT2D eigenvalue weighted by molar-refractivity contribution is 5.99. The van der Waals surface area contributed by atoms with Crippen molar-refractivity contribution >= 4 is 5.78 Å². The number of rotatable bonds is 2. The first-order chi connectivity index (χ1) is 9.55. The Labute approximate surface area is 121 Å². The third-order valence-electron chi connectivity index (χ3n) is 4.75. The highest BCUT2D eigenvalue weighted by Gasteiger charge is 2.35. The van der Waals surface area contributed by atoms with Gasteiger partial charge in [0.25, 0.3) is 0 Å². The van der Waals surface area contributed by atoms with Gasteiger partial charge < -0.3 is 4.74 Å². The molecule has 1 fully saturated rings. The molecule has 1 heterocycles. The number of ether oxygens (including phenoxy) is 1. The van der Waals surface area contributed by atoms with E-state index in [4.69, 9.17) is 4.74 Å². The van der Waals surface area contributed by atoms with Crippen molar-refractivity contribution in [3.63, 3.8) is 0 Å². The number of hydrogen-bond acceptors (Lipinski definition) is 2. The van der Waals surface area contributed by atoms with Crippen molar-refractivity contribution in [2.24, 2.45) is 5.92 Å². The van der Waals surface area contributed by atoms with Gasteiger partial charge in [0.1, 0.15) is 0 Å². The average Bonchev–Trinajstić information content (AvgIpc) is 2.68. The number of carbonyl (C=O) groups is 1. The smallest absolute Gasteiger partial charge is 0.166 e. The predicted molar refractivity (Wildman–Crippen MR) is 80.0 cm³/mol. The molecule has 2 aliphatic rings. The van der Waals surface area contributed by atoms with Gasteiger partial charge in [0.2, 0.25) is 0 Å². The van der Waals surface area contributed by atoms with E-state index in [1.165, 1.54) is 5.56 Å².